The van der Waals surface area contributed by atoms with Crippen LogP contribution in [0.4, 0.5) is 36.3 Å². The third kappa shape index (κ3) is 5.47. The van der Waals surface area contributed by atoms with Crippen molar-refractivity contribution in [1.82, 2.24) is 9.97 Å². The molecule has 4 nitrogen and oxygen atoms in total. The van der Waals surface area contributed by atoms with E-state index in [4.69, 9.17) is 0 Å². The fourth-order valence-corrected chi connectivity index (χ4v) is 4.36. The zero-order chi connectivity index (χ0) is 21.8. The first-order chi connectivity index (χ1) is 14.9. The molecule has 162 valence electrons. The van der Waals surface area contributed by atoms with Crippen LogP contribution in [0.1, 0.15) is 49.1 Å². The normalized spacial score (nSPS) is 15.0. The van der Waals surface area contributed by atoms with Crippen LogP contribution in [0.3, 0.4) is 0 Å². The predicted octanol–water partition coefficient (Wildman–Crippen LogP) is 7.63. The average molecular weight is 538 g/mol. The lowest BCUT2D eigenvalue weighted by atomic mass is 9.84. The van der Waals surface area contributed by atoms with Crippen molar-refractivity contribution >= 4 is 45.7 Å². The first-order valence-corrected chi connectivity index (χ1v) is 11.3. The number of halogens is 4. The molecule has 1 saturated carbocycles. The quantitative estimate of drug-likeness (QED) is 0.328. The van der Waals surface area contributed by atoms with E-state index in [1.54, 1.807) is 12.1 Å². The van der Waals surface area contributed by atoms with Crippen molar-refractivity contribution < 1.29 is 13.2 Å². The van der Waals surface area contributed by atoms with Gasteiger partial charge >= 0.3 is 6.18 Å². The minimum absolute atomic E-state index is 0.104. The first-order valence-electron chi connectivity index (χ1n) is 10.2. The van der Waals surface area contributed by atoms with Gasteiger partial charge in [0.05, 0.1) is 5.69 Å². The Morgan fingerprint density at radius 2 is 1.61 bits per heavy atom. The number of hydrogen-bond acceptors (Lipinski definition) is 4. The summed E-state index contributed by atoms with van der Waals surface area (Å²) >= 11 is 2.07. The molecule has 3 aromatic rings. The van der Waals surface area contributed by atoms with E-state index in [1.807, 2.05) is 24.3 Å². The number of hydrogen-bond donors (Lipinski definition) is 2. The Morgan fingerprint density at radius 3 is 2.29 bits per heavy atom. The summed E-state index contributed by atoms with van der Waals surface area (Å²) in [5.74, 6) is 0.411. The van der Waals surface area contributed by atoms with Crippen molar-refractivity contribution in [3.63, 3.8) is 0 Å². The standard InChI is InChI=1S/C23H22F3IN4/c24-23(25,26)18-14-28-22(31-21(18)30-20-9-5-4-8-19(20)27)29-17-12-10-16(11-13-17)15-6-2-1-3-7-15/h4-5,8-15H,1-3,6-7H2,(H2,28,29,30,31). The van der Waals surface area contributed by atoms with Crippen LogP contribution < -0.4 is 10.6 Å². The lowest BCUT2D eigenvalue weighted by Gasteiger charge is -2.22. The van der Waals surface area contributed by atoms with E-state index in [1.165, 1.54) is 37.7 Å². The van der Waals surface area contributed by atoms with Crippen molar-refractivity contribution in [2.45, 2.75) is 44.2 Å². The van der Waals surface area contributed by atoms with Crippen LogP contribution >= 0.6 is 22.6 Å². The second-order valence-electron chi connectivity index (χ2n) is 7.64. The van der Waals surface area contributed by atoms with Crippen molar-refractivity contribution in [2.75, 3.05) is 10.6 Å². The topological polar surface area (TPSA) is 49.8 Å². The van der Waals surface area contributed by atoms with Gasteiger partial charge < -0.3 is 10.6 Å². The van der Waals surface area contributed by atoms with Crippen LogP contribution in [0.15, 0.2) is 54.7 Å². The molecule has 2 N–H and O–H groups in total. The Hall–Kier alpha value is -2.36. The highest BCUT2D eigenvalue weighted by molar-refractivity contribution is 14.1. The molecule has 8 heteroatoms. The molecule has 0 aliphatic heterocycles. The maximum atomic E-state index is 13.5. The van der Waals surface area contributed by atoms with E-state index in [-0.39, 0.29) is 11.8 Å². The Kier molecular flexibility index (Phi) is 6.64. The molecule has 0 spiro atoms. The molecule has 1 aromatic heterocycles. The summed E-state index contributed by atoms with van der Waals surface area (Å²) in [6, 6.07) is 15.1. The fourth-order valence-electron chi connectivity index (χ4n) is 3.84. The van der Waals surface area contributed by atoms with Crippen LogP contribution in [0.5, 0.6) is 0 Å². The number of nitrogens with one attached hydrogen (secondary N) is 2. The highest BCUT2D eigenvalue weighted by atomic mass is 127. The molecular weight excluding hydrogens is 516 g/mol. The molecular formula is C23H22F3IN4. The molecule has 0 unspecified atom stereocenters. The van der Waals surface area contributed by atoms with Gasteiger partial charge in [-0.2, -0.15) is 18.2 Å². The van der Waals surface area contributed by atoms with E-state index in [2.05, 4.69) is 55.3 Å². The van der Waals surface area contributed by atoms with E-state index < -0.39 is 11.7 Å². The van der Waals surface area contributed by atoms with Gasteiger partial charge in [0.1, 0.15) is 11.4 Å². The van der Waals surface area contributed by atoms with Gasteiger partial charge in [0.2, 0.25) is 5.95 Å². The molecule has 0 atom stereocenters. The van der Waals surface area contributed by atoms with Crippen LogP contribution in [-0.4, -0.2) is 9.97 Å². The third-order valence-electron chi connectivity index (χ3n) is 5.46. The molecule has 1 fully saturated rings. The Balaban J connectivity index is 1.56. The number of benzene rings is 2. The molecule has 31 heavy (non-hydrogen) atoms. The highest BCUT2D eigenvalue weighted by Gasteiger charge is 2.35. The average Bonchev–Trinajstić information content (AvgIpc) is 2.76. The number of anilines is 4. The Bertz CT molecular complexity index is 1030. The molecule has 1 aliphatic carbocycles. The van der Waals surface area contributed by atoms with Crippen LogP contribution in [0, 0.1) is 3.57 Å². The van der Waals surface area contributed by atoms with Crippen LogP contribution in [-0.2, 0) is 6.18 Å². The van der Waals surface area contributed by atoms with Gasteiger partial charge in [0.15, 0.2) is 0 Å². The summed E-state index contributed by atoms with van der Waals surface area (Å²) in [5.41, 5.74) is 1.68. The van der Waals surface area contributed by atoms with Crippen LogP contribution in [0.25, 0.3) is 0 Å². The first kappa shape index (κ1) is 21.9. The van der Waals surface area contributed by atoms with Gasteiger partial charge in [-0.25, -0.2) is 4.98 Å². The van der Waals surface area contributed by atoms with Gasteiger partial charge in [-0.05, 0) is 71.2 Å². The maximum Gasteiger partial charge on any atom is 0.421 e. The number of rotatable bonds is 5. The highest BCUT2D eigenvalue weighted by Crippen LogP contribution is 2.36. The molecule has 0 radical (unpaired) electrons. The smallest absolute Gasteiger partial charge is 0.339 e. The minimum atomic E-state index is -4.57. The third-order valence-corrected chi connectivity index (χ3v) is 6.41. The molecule has 2 aromatic carbocycles. The Morgan fingerprint density at radius 1 is 0.903 bits per heavy atom. The minimum Gasteiger partial charge on any atom is -0.339 e. The van der Waals surface area contributed by atoms with Gasteiger partial charge in [-0.15, -0.1) is 0 Å². The molecule has 0 amide bonds. The summed E-state index contributed by atoms with van der Waals surface area (Å²) in [6.07, 6.45) is 2.50. The predicted molar refractivity (Wildman–Crippen MR) is 125 cm³/mol. The summed E-state index contributed by atoms with van der Waals surface area (Å²) in [4.78, 5) is 8.02. The van der Waals surface area contributed by atoms with Gasteiger partial charge in [-0.3, -0.25) is 0 Å². The van der Waals surface area contributed by atoms with Crippen LogP contribution in [0.2, 0.25) is 0 Å². The van der Waals surface area contributed by atoms with E-state index >= 15 is 0 Å². The largest absolute Gasteiger partial charge is 0.421 e. The SMILES string of the molecule is FC(F)(F)c1cnc(Nc2ccc(C3CCCCC3)cc2)nc1Nc1ccccc1I. The number of nitrogens with zero attached hydrogens (tertiary/aromatic N) is 2. The second kappa shape index (κ2) is 9.42. The number of aromatic nitrogens is 2. The lowest BCUT2D eigenvalue weighted by Crippen LogP contribution is -2.13. The van der Waals surface area contributed by atoms with Crippen molar-refractivity contribution in [3.8, 4) is 0 Å². The maximum absolute atomic E-state index is 13.5. The van der Waals surface area contributed by atoms with Gasteiger partial charge in [0, 0.05) is 15.5 Å². The van der Waals surface area contributed by atoms with E-state index in [9.17, 15) is 13.2 Å². The van der Waals surface area contributed by atoms with E-state index in [0.717, 1.165) is 15.5 Å². The molecule has 1 heterocycles. The zero-order valence-corrected chi connectivity index (χ0v) is 18.9. The summed E-state index contributed by atoms with van der Waals surface area (Å²) in [7, 11) is 0. The second-order valence-corrected chi connectivity index (χ2v) is 8.80. The summed E-state index contributed by atoms with van der Waals surface area (Å²) in [5, 5.41) is 5.83. The van der Waals surface area contributed by atoms with Crippen molar-refractivity contribution in [1.29, 1.82) is 0 Å². The summed E-state index contributed by atoms with van der Waals surface area (Å²) in [6.45, 7) is 0. The van der Waals surface area contributed by atoms with Crippen molar-refractivity contribution in [2.24, 2.45) is 0 Å². The Labute approximate surface area is 192 Å². The monoisotopic (exact) mass is 538 g/mol. The lowest BCUT2D eigenvalue weighted by molar-refractivity contribution is -0.137. The number of alkyl halides is 3. The van der Waals surface area contributed by atoms with E-state index in [0.29, 0.717) is 11.6 Å². The molecule has 0 saturated heterocycles. The number of para-hydroxylation sites is 1. The molecule has 4 rings (SSSR count). The van der Waals surface area contributed by atoms with Gasteiger partial charge in [-0.1, -0.05) is 43.5 Å². The summed E-state index contributed by atoms with van der Waals surface area (Å²) < 4.78 is 41.3. The molecule has 0 bridgehead atoms. The van der Waals surface area contributed by atoms with Gasteiger partial charge in [0.25, 0.3) is 0 Å². The fraction of sp³-hybridized carbons (Fsp3) is 0.304. The zero-order valence-electron chi connectivity index (χ0n) is 16.7. The molecule has 1 aliphatic rings. The van der Waals surface area contributed by atoms with Crippen molar-refractivity contribution in [3.05, 3.63) is 69.4 Å².